The van der Waals surface area contributed by atoms with E-state index in [1.165, 1.54) is 12.1 Å². The smallest absolute Gasteiger partial charge is 0.335 e. The van der Waals surface area contributed by atoms with Crippen molar-refractivity contribution in [2.45, 2.75) is 0 Å². The van der Waals surface area contributed by atoms with E-state index in [0.29, 0.717) is 5.69 Å². The van der Waals surface area contributed by atoms with Crippen LogP contribution in [0.1, 0.15) is 10.4 Å². The Hall–Kier alpha value is -2.56. The molecule has 104 valence electrons. The number of carboxylic acids is 1. The molecule has 0 saturated carbocycles. The molecule has 0 heterocycles. The molecule has 0 unspecified atom stereocenters. The zero-order valence-corrected chi connectivity index (χ0v) is 11.2. The second-order valence-electron chi connectivity index (χ2n) is 4.57. The van der Waals surface area contributed by atoms with Crippen molar-refractivity contribution >= 4 is 23.0 Å². The van der Waals surface area contributed by atoms with Crippen molar-refractivity contribution in [2.24, 2.45) is 0 Å². The topological polar surface area (TPSA) is 52.6 Å². The standard InChI is InChI=1S/C15H15FN2O2/c1-18(2)12-6-4-11(5-7-12)17-14-9-10(15(19)20)3-8-13(14)16/h3-9,17H,1-2H3,(H,19,20). The van der Waals surface area contributed by atoms with Crippen LogP contribution in [0.5, 0.6) is 0 Å². The van der Waals surface area contributed by atoms with Crippen LogP contribution in [0.4, 0.5) is 21.5 Å². The first kappa shape index (κ1) is 13.9. The van der Waals surface area contributed by atoms with Crippen LogP contribution in [0.3, 0.4) is 0 Å². The predicted octanol–water partition coefficient (Wildman–Crippen LogP) is 3.33. The molecule has 0 aliphatic heterocycles. The van der Waals surface area contributed by atoms with E-state index in [0.717, 1.165) is 11.8 Å². The lowest BCUT2D eigenvalue weighted by Gasteiger charge is -2.14. The highest BCUT2D eigenvalue weighted by atomic mass is 19.1. The van der Waals surface area contributed by atoms with Gasteiger partial charge in [0.2, 0.25) is 0 Å². The van der Waals surface area contributed by atoms with E-state index in [9.17, 15) is 9.18 Å². The quantitative estimate of drug-likeness (QED) is 0.898. The number of carboxylic acid groups (broad SMARTS) is 1. The van der Waals surface area contributed by atoms with Crippen LogP contribution in [-0.4, -0.2) is 25.2 Å². The first-order valence-electron chi connectivity index (χ1n) is 6.04. The molecule has 0 fully saturated rings. The Balaban J connectivity index is 2.25. The van der Waals surface area contributed by atoms with Gasteiger partial charge in [0.1, 0.15) is 5.82 Å². The van der Waals surface area contributed by atoms with E-state index in [1.807, 2.05) is 43.3 Å². The Labute approximate surface area is 116 Å². The molecule has 0 aromatic heterocycles. The summed E-state index contributed by atoms with van der Waals surface area (Å²) in [4.78, 5) is 12.8. The molecule has 20 heavy (non-hydrogen) atoms. The molecule has 0 aliphatic carbocycles. The van der Waals surface area contributed by atoms with Crippen LogP contribution in [-0.2, 0) is 0 Å². The number of benzene rings is 2. The number of hydrogen-bond acceptors (Lipinski definition) is 3. The first-order valence-corrected chi connectivity index (χ1v) is 6.04. The van der Waals surface area contributed by atoms with Gasteiger partial charge in [-0.05, 0) is 42.5 Å². The van der Waals surface area contributed by atoms with Gasteiger partial charge in [0.25, 0.3) is 0 Å². The number of nitrogens with zero attached hydrogens (tertiary/aromatic N) is 1. The molecule has 2 aromatic rings. The van der Waals surface area contributed by atoms with Crippen molar-refractivity contribution in [2.75, 3.05) is 24.3 Å². The molecule has 0 atom stereocenters. The number of aromatic carboxylic acids is 1. The van der Waals surface area contributed by atoms with Gasteiger partial charge in [-0.3, -0.25) is 0 Å². The third kappa shape index (κ3) is 3.06. The summed E-state index contributed by atoms with van der Waals surface area (Å²) in [6.07, 6.45) is 0. The molecule has 2 rings (SSSR count). The van der Waals surface area contributed by atoms with Crippen molar-refractivity contribution < 1.29 is 14.3 Å². The van der Waals surface area contributed by atoms with E-state index < -0.39 is 11.8 Å². The summed E-state index contributed by atoms with van der Waals surface area (Å²) in [6, 6.07) is 11.0. The van der Waals surface area contributed by atoms with Crippen LogP contribution in [0.2, 0.25) is 0 Å². The summed E-state index contributed by atoms with van der Waals surface area (Å²) < 4.78 is 13.7. The van der Waals surface area contributed by atoms with Gasteiger partial charge >= 0.3 is 5.97 Å². The van der Waals surface area contributed by atoms with E-state index in [1.54, 1.807) is 0 Å². The molecule has 0 bridgehead atoms. The second-order valence-corrected chi connectivity index (χ2v) is 4.57. The van der Waals surface area contributed by atoms with Crippen molar-refractivity contribution in [3.8, 4) is 0 Å². The van der Waals surface area contributed by atoms with Crippen molar-refractivity contribution in [3.05, 3.63) is 53.8 Å². The molecule has 0 aliphatic rings. The largest absolute Gasteiger partial charge is 0.478 e. The second kappa shape index (κ2) is 5.61. The molecule has 0 saturated heterocycles. The zero-order chi connectivity index (χ0) is 14.7. The highest BCUT2D eigenvalue weighted by Crippen LogP contribution is 2.23. The van der Waals surface area contributed by atoms with Gasteiger partial charge < -0.3 is 15.3 Å². The summed E-state index contributed by atoms with van der Waals surface area (Å²) in [5.41, 5.74) is 1.90. The molecule has 0 radical (unpaired) electrons. The van der Waals surface area contributed by atoms with Crippen molar-refractivity contribution in [3.63, 3.8) is 0 Å². The summed E-state index contributed by atoms with van der Waals surface area (Å²) in [5, 5.41) is 11.8. The Bertz CT molecular complexity index is 624. The summed E-state index contributed by atoms with van der Waals surface area (Å²) in [6.45, 7) is 0. The first-order chi connectivity index (χ1) is 9.47. The fourth-order valence-corrected chi connectivity index (χ4v) is 1.75. The third-order valence-electron chi connectivity index (χ3n) is 2.88. The minimum Gasteiger partial charge on any atom is -0.478 e. The third-order valence-corrected chi connectivity index (χ3v) is 2.88. The van der Waals surface area contributed by atoms with Gasteiger partial charge in [-0.2, -0.15) is 0 Å². The Morgan fingerprint density at radius 3 is 2.35 bits per heavy atom. The monoisotopic (exact) mass is 274 g/mol. The lowest BCUT2D eigenvalue weighted by molar-refractivity contribution is 0.0697. The number of nitrogens with one attached hydrogen (secondary N) is 1. The zero-order valence-electron chi connectivity index (χ0n) is 11.2. The van der Waals surface area contributed by atoms with E-state index in [-0.39, 0.29) is 11.3 Å². The molecule has 4 nitrogen and oxygen atoms in total. The normalized spacial score (nSPS) is 10.2. The number of rotatable bonds is 4. The Morgan fingerprint density at radius 2 is 1.80 bits per heavy atom. The molecule has 2 N–H and O–H groups in total. The number of carbonyl (C=O) groups is 1. The maximum Gasteiger partial charge on any atom is 0.335 e. The molecule has 0 amide bonds. The van der Waals surface area contributed by atoms with Gasteiger partial charge in [0.15, 0.2) is 0 Å². The minimum absolute atomic E-state index is 0.0406. The van der Waals surface area contributed by atoms with Gasteiger partial charge in [-0.15, -0.1) is 0 Å². The van der Waals surface area contributed by atoms with Crippen LogP contribution < -0.4 is 10.2 Å². The van der Waals surface area contributed by atoms with E-state index in [2.05, 4.69) is 5.32 Å². The van der Waals surface area contributed by atoms with Crippen LogP contribution in [0.15, 0.2) is 42.5 Å². The van der Waals surface area contributed by atoms with Crippen LogP contribution >= 0.6 is 0 Å². The van der Waals surface area contributed by atoms with Gasteiger partial charge in [0.05, 0.1) is 11.3 Å². The predicted molar refractivity (Wildman–Crippen MR) is 77.4 cm³/mol. The van der Waals surface area contributed by atoms with Crippen LogP contribution in [0.25, 0.3) is 0 Å². The summed E-state index contributed by atoms with van der Waals surface area (Å²) in [5.74, 6) is -1.58. The Morgan fingerprint density at radius 1 is 1.15 bits per heavy atom. The molecule has 0 spiro atoms. The minimum atomic E-state index is -1.09. The highest BCUT2D eigenvalue weighted by Gasteiger charge is 2.08. The lowest BCUT2D eigenvalue weighted by Crippen LogP contribution is -2.08. The van der Waals surface area contributed by atoms with Gasteiger partial charge in [-0.25, -0.2) is 9.18 Å². The average molecular weight is 274 g/mol. The van der Waals surface area contributed by atoms with Gasteiger partial charge in [0, 0.05) is 25.5 Å². The molecular weight excluding hydrogens is 259 g/mol. The summed E-state index contributed by atoms with van der Waals surface area (Å²) in [7, 11) is 3.86. The van der Waals surface area contributed by atoms with Crippen LogP contribution in [0, 0.1) is 5.82 Å². The number of anilines is 3. The maximum atomic E-state index is 13.7. The average Bonchev–Trinajstić information content (AvgIpc) is 2.41. The van der Waals surface area contributed by atoms with E-state index in [4.69, 9.17) is 5.11 Å². The SMILES string of the molecule is CN(C)c1ccc(Nc2cc(C(=O)O)ccc2F)cc1. The van der Waals surface area contributed by atoms with Gasteiger partial charge in [-0.1, -0.05) is 0 Å². The molecule has 2 aromatic carbocycles. The van der Waals surface area contributed by atoms with E-state index >= 15 is 0 Å². The number of halogens is 1. The molecular formula is C15H15FN2O2. The van der Waals surface area contributed by atoms with Crippen molar-refractivity contribution in [1.82, 2.24) is 0 Å². The van der Waals surface area contributed by atoms with Crippen molar-refractivity contribution in [1.29, 1.82) is 0 Å². The fourth-order valence-electron chi connectivity index (χ4n) is 1.75. The number of hydrogen-bond donors (Lipinski definition) is 2. The Kier molecular flexibility index (Phi) is 3.89. The summed E-state index contributed by atoms with van der Waals surface area (Å²) >= 11 is 0. The maximum absolute atomic E-state index is 13.7. The molecule has 5 heteroatoms. The highest BCUT2D eigenvalue weighted by molar-refractivity contribution is 5.89. The lowest BCUT2D eigenvalue weighted by atomic mass is 10.2. The fraction of sp³-hybridized carbons (Fsp3) is 0.133.